The Morgan fingerprint density at radius 3 is 3.00 bits per heavy atom. The molecule has 1 aromatic carbocycles. The van der Waals surface area contributed by atoms with E-state index in [2.05, 4.69) is 11.4 Å². The molecule has 1 aromatic rings. The monoisotopic (exact) mass is 261 g/mol. The number of hydrogen-bond donors (Lipinski definition) is 2. The minimum absolute atomic E-state index is 0.0251. The van der Waals surface area contributed by atoms with Gasteiger partial charge in [0.05, 0.1) is 6.10 Å². The largest absolute Gasteiger partial charge is 0.386 e. The van der Waals surface area contributed by atoms with Gasteiger partial charge in [0.25, 0.3) is 0 Å². The van der Waals surface area contributed by atoms with E-state index in [1.165, 1.54) is 0 Å². The van der Waals surface area contributed by atoms with Crippen molar-refractivity contribution in [1.82, 2.24) is 0 Å². The maximum Gasteiger partial charge on any atom is 0.224 e. The second kappa shape index (κ2) is 4.94. The predicted molar refractivity (Wildman–Crippen MR) is 72.1 cm³/mol. The van der Waals surface area contributed by atoms with Crippen molar-refractivity contribution in [3.05, 3.63) is 28.8 Å². The number of aliphatic hydroxyl groups excluding tert-OH is 1. The lowest BCUT2D eigenvalue weighted by Gasteiger charge is -2.26. The molecule has 4 nitrogen and oxygen atoms in total. The van der Waals surface area contributed by atoms with Crippen molar-refractivity contribution in [1.29, 1.82) is 0 Å². The summed E-state index contributed by atoms with van der Waals surface area (Å²) < 4.78 is 5.56. The molecule has 3 rings (SSSR count). The number of aryl methyl sites for hydroxylation is 2. The smallest absolute Gasteiger partial charge is 0.224 e. The van der Waals surface area contributed by atoms with E-state index in [1.807, 2.05) is 13.0 Å². The van der Waals surface area contributed by atoms with Gasteiger partial charge in [-0.2, -0.15) is 0 Å². The zero-order chi connectivity index (χ0) is 13.4. The molecule has 2 atom stereocenters. The number of fused-ring (bicyclic) bond motifs is 1. The highest BCUT2D eigenvalue weighted by atomic mass is 16.5. The molecule has 2 N–H and O–H groups in total. The Bertz CT molecular complexity index is 506. The first-order chi connectivity index (χ1) is 9.15. The number of nitrogens with one attached hydrogen (secondary N) is 1. The Balaban J connectivity index is 1.99. The maximum absolute atomic E-state index is 11.6. The zero-order valence-electron chi connectivity index (χ0n) is 11.1. The zero-order valence-corrected chi connectivity index (χ0v) is 11.1. The highest BCUT2D eigenvalue weighted by molar-refractivity contribution is 5.95. The molecule has 0 aliphatic carbocycles. The fraction of sp³-hybridized carbons (Fsp3) is 0.533. The number of carbonyl (C=O) groups excluding carboxylic acids is 1. The molecule has 19 heavy (non-hydrogen) atoms. The predicted octanol–water partition coefficient (Wildman–Crippen LogP) is 2.09. The molecule has 1 amide bonds. The van der Waals surface area contributed by atoms with E-state index in [-0.39, 0.29) is 12.0 Å². The van der Waals surface area contributed by atoms with Gasteiger partial charge in [0.1, 0.15) is 6.10 Å². The van der Waals surface area contributed by atoms with E-state index in [0.717, 1.165) is 41.6 Å². The summed E-state index contributed by atoms with van der Waals surface area (Å²) in [6.07, 6.45) is 2.32. The minimum Gasteiger partial charge on any atom is -0.386 e. The van der Waals surface area contributed by atoms with Crippen LogP contribution in [-0.4, -0.2) is 23.7 Å². The molecule has 0 bridgehead atoms. The Hall–Kier alpha value is -1.39. The summed E-state index contributed by atoms with van der Waals surface area (Å²) in [5.41, 5.74) is 3.83. The molecule has 0 radical (unpaired) electrons. The lowest BCUT2D eigenvalue weighted by atomic mass is 9.91. The topological polar surface area (TPSA) is 58.6 Å². The summed E-state index contributed by atoms with van der Waals surface area (Å²) in [7, 11) is 0. The Kier molecular flexibility index (Phi) is 3.29. The Labute approximate surface area is 112 Å². The number of hydrogen-bond acceptors (Lipinski definition) is 3. The lowest BCUT2D eigenvalue weighted by molar-refractivity contribution is -0.116. The number of rotatable bonds is 2. The number of benzene rings is 1. The molecular weight excluding hydrogens is 242 g/mol. The van der Waals surface area contributed by atoms with Gasteiger partial charge in [0.15, 0.2) is 0 Å². The number of amides is 1. The number of ether oxygens (including phenoxy) is 1. The van der Waals surface area contributed by atoms with E-state index in [9.17, 15) is 9.90 Å². The average Bonchev–Trinajstić information content (AvgIpc) is 2.91. The molecule has 2 aliphatic rings. The van der Waals surface area contributed by atoms with Crippen LogP contribution in [0.3, 0.4) is 0 Å². The summed E-state index contributed by atoms with van der Waals surface area (Å²) >= 11 is 0. The third kappa shape index (κ3) is 2.38. The van der Waals surface area contributed by atoms with Crippen LogP contribution in [0.5, 0.6) is 0 Å². The first-order valence-electron chi connectivity index (χ1n) is 6.88. The molecule has 102 valence electrons. The summed E-state index contributed by atoms with van der Waals surface area (Å²) in [6, 6.07) is 4.04. The van der Waals surface area contributed by atoms with Crippen molar-refractivity contribution in [2.24, 2.45) is 0 Å². The number of anilines is 1. The maximum atomic E-state index is 11.6. The van der Waals surface area contributed by atoms with E-state index in [1.54, 1.807) is 0 Å². The molecule has 0 aromatic heterocycles. The van der Waals surface area contributed by atoms with E-state index in [0.29, 0.717) is 13.0 Å². The molecule has 1 saturated heterocycles. The minimum atomic E-state index is -0.658. The van der Waals surface area contributed by atoms with Crippen molar-refractivity contribution in [3.8, 4) is 0 Å². The fourth-order valence-corrected chi connectivity index (χ4v) is 2.98. The fourth-order valence-electron chi connectivity index (χ4n) is 2.98. The molecule has 2 aliphatic heterocycles. The van der Waals surface area contributed by atoms with Gasteiger partial charge >= 0.3 is 0 Å². The highest BCUT2D eigenvalue weighted by Gasteiger charge is 2.29. The quantitative estimate of drug-likeness (QED) is 0.857. The van der Waals surface area contributed by atoms with Crippen molar-refractivity contribution in [2.45, 2.75) is 44.8 Å². The number of carbonyl (C=O) groups is 1. The van der Waals surface area contributed by atoms with Crippen LogP contribution in [0.4, 0.5) is 5.69 Å². The second-order valence-electron chi connectivity index (χ2n) is 5.43. The first kappa shape index (κ1) is 12.6. The summed E-state index contributed by atoms with van der Waals surface area (Å²) in [6.45, 7) is 2.73. The molecule has 0 spiro atoms. The Morgan fingerprint density at radius 1 is 1.42 bits per heavy atom. The Morgan fingerprint density at radius 2 is 2.26 bits per heavy atom. The van der Waals surface area contributed by atoms with E-state index >= 15 is 0 Å². The van der Waals surface area contributed by atoms with Gasteiger partial charge in [-0.15, -0.1) is 0 Å². The summed E-state index contributed by atoms with van der Waals surface area (Å²) in [4.78, 5) is 11.6. The second-order valence-corrected chi connectivity index (χ2v) is 5.43. The summed E-state index contributed by atoms with van der Waals surface area (Å²) in [5.74, 6) is 0.0251. The van der Waals surface area contributed by atoms with Gasteiger partial charge in [-0.1, -0.05) is 17.7 Å². The van der Waals surface area contributed by atoms with Gasteiger partial charge in [-0.05, 0) is 31.7 Å². The lowest BCUT2D eigenvalue weighted by Crippen LogP contribution is -2.24. The van der Waals surface area contributed by atoms with Crippen molar-refractivity contribution in [3.63, 3.8) is 0 Å². The van der Waals surface area contributed by atoms with Gasteiger partial charge in [-0.3, -0.25) is 4.79 Å². The first-order valence-corrected chi connectivity index (χ1v) is 6.88. The molecule has 1 fully saturated rings. The summed E-state index contributed by atoms with van der Waals surface area (Å²) in [5, 5.41) is 13.4. The highest BCUT2D eigenvalue weighted by Crippen LogP contribution is 2.36. The molecular formula is C15H19NO3. The van der Waals surface area contributed by atoms with Crippen molar-refractivity contribution < 1.29 is 14.6 Å². The van der Waals surface area contributed by atoms with Crippen LogP contribution in [0.25, 0.3) is 0 Å². The van der Waals surface area contributed by atoms with Crippen LogP contribution in [0.15, 0.2) is 12.1 Å². The van der Waals surface area contributed by atoms with Gasteiger partial charge in [-0.25, -0.2) is 0 Å². The van der Waals surface area contributed by atoms with Gasteiger partial charge in [0.2, 0.25) is 5.91 Å². The molecule has 0 saturated carbocycles. The van der Waals surface area contributed by atoms with Crippen molar-refractivity contribution in [2.75, 3.05) is 11.9 Å². The molecule has 4 heteroatoms. The SMILES string of the molecule is Cc1cc2c(c(C(O)C3CCCO3)c1)NC(=O)CC2. The third-order valence-electron chi connectivity index (χ3n) is 3.92. The van der Waals surface area contributed by atoms with Crippen LogP contribution in [0.2, 0.25) is 0 Å². The van der Waals surface area contributed by atoms with Crippen LogP contribution < -0.4 is 5.32 Å². The van der Waals surface area contributed by atoms with E-state index < -0.39 is 6.10 Å². The van der Waals surface area contributed by atoms with Crippen LogP contribution >= 0.6 is 0 Å². The normalized spacial score (nSPS) is 23.9. The average molecular weight is 261 g/mol. The van der Waals surface area contributed by atoms with Crippen LogP contribution in [-0.2, 0) is 16.0 Å². The van der Waals surface area contributed by atoms with Gasteiger partial charge < -0.3 is 15.2 Å². The number of aliphatic hydroxyl groups is 1. The van der Waals surface area contributed by atoms with Gasteiger partial charge in [0, 0.05) is 24.3 Å². The standard InChI is InChI=1S/C15H19NO3/c1-9-7-10-4-5-13(17)16-14(10)11(8-9)15(18)12-3-2-6-19-12/h7-8,12,15,18H,2-6H2,1H3,(H,16,17). The third-order valence-corrected chi connectivity index (χ3v) is 3.92. The molecule has 2 heterocycles. The molecule has 2 unspecified atom stereocenters. The van der Waals surface area contributed by atoms with Crippen molar-refractivity contribution >= 4 is 11.6 Å². The van der Waals surface area contributed by atoms with Crippen LogP contribution in [0.1, 0.15) is 42.1 Å². The van der Waals surface area contributed by atoms with E-state index in [4.69, 9.17) is 4.74 Å². The van der Waals surface area contributed by atoms with Crippen LogP contribution in [0, 0.1) is 6.92 Å².